The SMILES string of the molecule is CCCCCCCCCCCCCCCCCCN(C)[S+](N(C)CCCCCCCCCCCCCCCCCC)N(C)CCCCCCCCCCCCCCCCCC.F.[F-]. The van der Waals surface area contributed by atoms with Crippen LogP contribution in [0.3, 0.4) is 0 Å². The first-order valence-electron chi connectivity index (χ1n) is 29.0. The molecule has 0 atom stereocenters. The predicted octanol–water partition coefficient (Wildman–Crippen LogP) is 17.1. The lowest BCUT2D eigenvalue weighted by Crippen LogP contribution is -3.00. The molecule has 0 amide bonds. The lowest BCUT2D eigenvalue weighted by molar-refractivity contribution is -0.0000145. The van der Waals surface area contributed by atoms with Crippen LogP contribution in [0.4, 0.5) is 4.70 Å². The molecule has 0 aliphatic rings. The number of nitrogens with zero attached hydrogens (tertiary/aromatic N) is 3. The summed E-state index contributed by atoms with van der Waals surface area (Å²) in [6.45, 7) is 10.7. The van der Waals surface area contributed by atoms with Crippen LogP contribution in [0.15, 0.2) is 0 Å². The van der Waals surface area contributed by atoms with E-state index in [2.05, 4.69) is 54.8 Å². The van der Waals surface area contributed by atoms with E-state index < -0.39 is 0 Å². The minimum atomic E-state index is 0. The molecule has 0 unspecified atom stereocenters. The lowest BCUT2D eigenvalue weighted by atomic mass is 10.0. The molecule has 3 nitrogen and oxygen atoms in total. The Kier molecular flexibility index (Phi) is 62.2. The van der Waals surface area contributed by atoms with Crippen molar-refractivity contribution in [2.75, 3.05) is 40.8 Å². The summed E-state index contributed by atoms with van der Waals surface area (Å²) in [6, 6.07) is 0. The zero-order chi connectivity index (χ0) is 44.4. The molecule has 0 aromatic heterocycles. The van der Waals surface area contributed by atoms with Gasteiger partial charge in [-0.3, -0.25) is 4.70 Å². The molecule has 0 N–H and O–H groups in total. The average Bonchev–Trinajstić information content (AvgIpc) is 3.26. The van der Waals surface area contributed by atoms with Crippen molar-refractivity contribution in [1.29, 1.82) is 0 Å². The predicted molar refractivity (Wildman–Crippen MR) is 286 cm³/mol. The van der Waals surface area contributed by atoms with Crippen LogP contribution < -0.4 is 4.70 Å². The van der Waals surface area contributed by atoms with Gasteiger partial charge in [-0.2, -0.15) is 0 Å². The van der Waals surface area contributed by atoms with Gasteiger partial charge >= 0.3 is 0 Å². The standard InChI is InChI=1S/C57H120N3S.2FH/c1-7-10-13-16-19-22-25-28-31-34-37-40-43-46-49-52-55-58(4)61(59(5)56-53-50-47-44-41-38-35-32-29-26-23-20-17-14-11-8-2)60(6)57-54-51-48-45-42-39-36-33-30-27-24-21-18-15-12-9-3;;/h7-57H2,1-6H3;2*1H/q+1;;/p-1. The number of halogens is 2. The topological polar surface area (TPSA) is 9.72 Å². The molecule has 0 aromatic rings. The van der Waals surface area contributed by atoms with Crippen molar-refractivity contribution < 1.29 is 9.41 Å². The second kappa shape index (κ2) is 58.2. The Morgan fingerprint density at radius 3 is 0.444 bits per heavy atom. The van der Waals surface area contributed by atoms with Gasteiger partial charge in [-0.1, -0.05) is 323 Å². The van der Waals surface area contributed by atoms with E-state index in [0.29, 0.717) is 0 Å². The fourth-order valence-corrected chi connectivity index (χ4v) is 11.9. The number of unbranched alkanes of at least 4 members (excludes halogenated alkanes) is 45. The fourth-order valence-electron chi connectivity index (χ4n) is 9.61. The van der Waals surface area contributed by atoms with Crippen molar-refractivity contribution in [3.63, 3.8) is 0 Å². The maximum Gasteiger partial charge on any atom is 0.267 e. The van der Waals surface area contributed by atoms with E-state index in [1.165, 1.54) is 328 Å². The summed E-state index contributed by atoms with van der Waals surface area (Å²) in [4.78, 5) is 0. The van der Waals surface area contributed by atoms with Gasteiger partial charge < -0.3 is 4.70 Å². The molecule has 6 heteroatoms. The summed E-state index contributed by atoms with van der Waals surface area (Å²) >= 11 is 0.0874. The second-order valence-electron chi connectivity index (χ2n) is 20.2. The molecule has 0 fully saturated rings. The maximum absolute atomic E-state index is 2.72. The molecular formula is C57H121F2N3S. The van der Waals surface area contributed by atoms with Gasteiger partial charge in [-0.05, 0) is 19.3 Å². The van der Waals surface area contributed by atoms with E-state index in [1.54, 1.807) is 0 Å². The van der Waals surface area contributed by atoms with Gasteiger partial charge in [0.15, 0.2) is 0 Å². The quantitative estimate of drug-likeness (QED) is 0.0445. The fraction of sp³-hybridized carbons (Fsp3) is 1.00. The van der Waals surface area contributed by atoms with Gasteiger partial charge in [-0.15, -0.1) is 0 Å². The third-order valence-corrected chi connectivity index (χ3v) is 16.0. The maximum atomic E-state index is 2.72. The highest BCUT2D eigenvalue weighted by atomic mass is 32.2. The van der Waals surface area contributed by atoms with Crippen molar-refractivity contribution in [2.24, 2.45) is 0 Å². The highest BCUT2D eigenvalue weighted by Crippen LogP contribution is 2.20. The highest BCUT2D eigenvalue weighted by Gasteiger charge is 2.36. The van der Waals surface area contributed by atoms with E-state index >= 15 is 0 Å². The Morgan fingerprint density at radius 1 is 0.206 bits per heavy atom. The van der Waals surface area contributed by atoms with Crippen LogP contribution in [0, 0.1) is 0 Å². The third kappa shape index (κ3) is 51.3. The van der Waals surface area contributed by atoms with Crippen molar-refractivity contribution in [3.05, 3.63) is 0 Å². The first-order chi connectivity index (χ1) is 30.1. The van der Waals surface area contributed by atoms with Gasteiger partial charge in [0.25, 0.3) is 11.5 Å². The van der Waals surface area contributed by atoms with Crippen LogP contribution in [0.5, 0.6) is 0 Å². The first-order valence-corrected chi connectivity index (χ1v) is 30.1. The van der Waals surface area contributed by atoms with E-state index in [1.807, 2.05) is 0 Å². The Labute approximate surface area is 401 Å². The lowest BCUT2D eigenvalue weighted by Gasteiger charge is -2.28. The largest absolute Gasteiger partial charge is 1.00 e. The van der Waals surface area contributed by atoms with Crippen LogP contribution in [0.25, 0.3) is 0 Å². The van der Waals surface area contributed by atoms with Crippen LogP contribution in [-0.2, 0) is 11.5 Å². The van der Waals surface area contributed by atoms with E-state index in [4.69, 9.17) is 0 Å². The molecule has 0 aliphatic carbocycles. The molecule has 0 spiro atoms. The number of hydrogen-bond donors (Lipinski definition) is 0. The Bertz CT molecular complexity index is 691. The van der Waals surface area contributed by atoms with Crippen LogP contribution in [-0.4, -0.2) is 53.7 Å². The van der Waals surface area contributed by atoms with Crippen molar-refractivity contribution in [2.45, 2.75) is 329 Å². The molecule has 384 valence electrons. The summed E-state index contributed by atoms with van der Waals surface area (Å²) in [5.74, 6) is 0. The van der Waals surface area contributed by atoms with Gasteiger partial charge in [0.1, 0.15) is 0 Å². The molecule has 0 saturated carbocycles. The second-order valence-corrected chi connectivity index (χ2v) is 22.6. The van der Waals surface area contributed by atoms with Crippen molar-refractivity contribution in [1.82, 2.24) is 12.9 Å². The van der Waals surface area contributed by atoms with E-state index in [-0.39, 0.29) is 20.9 Å². The summed E-state index contributed by atoms with van der Waals surface area (Å²) in [7, 11) is 7.30. The Morgan fingerprint density at radius 2 is 0.317 bits per heavy atom. The molecule has 0 heterocycles. The summed E-state index contributed by atoms with van der Waals surface area (Å²) < 4.78 is 8.17. The van der Waals surface area contributed by atoms with E-state index in [0.717, 1.165) is 0 Å². The van der Waals surface area contributed by atoms with Crippen LogP contribution in [0.2, 0.25) is 0 Å². The van der Waals surface area contributed by atoms with Crippen LogP contribution in [0.1, 0.15) is 329 Å². The molecule has 0 saturated heterocycles. The normalized spacial score (nSPS) is 11.7. The minimum absolute atomic E-state index is 0. The molecule has 63 heavy (non-hydrogen) atoms. The van der Waals surface area contributed by atoms with Gasteiger partial charge in [0.05, 0.1) is 0 Å². The number of hydrogen-bond acceptors (Lipinski definition) is 3. The Hall–Kier alpha value is 0.0900. The summed E-state index contributed by atoms with van der Waals surface area (Å²) in [6.07, 6.45) is 69.5. The summed E-state index contributed by atoms with van der Waals surface area (Å²) in [5, 5.41) is 0. The third-order valence-electron chi connectivity index (χ3n) is 13.8. The van der Waals surface area contributed by atoms with Gasteiger partial charge in [0.2, 0.25) is 0 Å². The number of rotatable bonds is 54. The van der Waals surface area contributed by atoms with Gasteiger partial charge in [0, 0.05) is 40.8 Å². The smallest absolute Gasteiger partial charge is 0.267 e. The molecule has 0 radical (unpaired) electrons. The highest BCUT2D eigenvalue weighted by molar-refractivity contribution is 7.90. The molecular weight excluding hydrogens is 797 g/mol. The molecule has 0 aliphatic heterocycles. The molecule has 0 bridgehead atoms. The first kappa shape index (κ1) is 67.4. The molecule has 0 aromatic carbocycles. The monoisotopic (exact) mass is 918 g/mol. The zero-order valence-corrected chi connectivity index (χ0v) is 45.4. The summed E-state index contributed by atoms with van der Waals surface area (Å²) in [5.41, 5.74) is 0. The minimum Gasteiger partial charge on any atom is -1.00 e. The molecule has 0 rings (SSSR count). The zero-order valence-electron chi connectivity index (χ0n) is 44.6. The van der Waals surface area contributed by atoms with Crippen molar-refractivity contribution >= 4 is 11.5 Å². The van der Waals surface area contributed by atoms with Crippen LogP contribution >= 0.6 is 0 Å². The van der Waals surface area contributed by atoms with E-state index in [9.17, 15) is 0 Å². The van der Waals surface area contributed by atoms with Crippen molar-refractivity contribution in [3.8, 4) is 0 Å². The Balaban J connectivity index is -0.0000180. The average molecular weight is 919 g/mol. The van der Waals surface area contributed by atoms with Gasteiger partial charge in [-0.25, -0.2) is 0 Å².